The summed E-state index contributed by atoms with van der Waals surface area (Å²) in [6.45, 7) is 5.84. The first-order valence-electron chi connectivity index (χ1n) is 12.1. The van der Waals surface area contributed by atoms with Crippen molar-refractivity contribution < 1.29 is 19.5 Å². The summed E-state index contributed by atoms with van der Waals surface area (Å²) in [6.07, 6.45) is 6.16. The van der Waals surface area contributed by atoms with Crippen LogP contribution in [0.25, 0.3) is 0 Å². The van der Waals surface area contributed by atoms with Crippen LogP contribution in [0.1, 0.15) is 40.0 Å². The Morgan fingerprint density at radius 3 is 2.38 bits per heavy atom. The molecule has 1 aliphatic carbocycles. The summed E-state index contributed by atoms with van der Waals surface area (Å²) in [7, 11) is 1.58. The van der Waals surface area contributed by atoms with E-state index >= 15 is 0 Å². The Kier molecular flexibility index (Phi) is 8.77. The summed E-state index contributed by atoms with van der Waals surface area (Å²) in [4.78, 5) is 42.1. The Labute approximate surface area is 206 Å². The van der Waals surface area contributed by atoms with Crippen LogP contribution in [0.5, 0.6) is 0 Å². The fourth-order valence-corrected chi connectivity index (χ4v) is 5.67. The van der Waals surface area contributed by atoms with Gasteiger partial charge in [-0.15, -0.1) is 0 Å². The van der Waals surface area contributed by atoms with Crippen molar-refractivity contribution >= 4 is 35.0 Å². The third-order valence-corrected chi connectivity index (χ3v) is 7.20. The number of carbonyl (C=O) groups excluding carboxylic acids is 3. The Morgan fingerprint density at radius 1 is 1.15 bits per heavy atom. The number of likely N-dealkylation sites (tertiary alicyclic amines) is 1. The molecule has 0 aromatic heterocycles. The van der Waals surface area contributed by atoms with E-state index in [4.69, 9.17) is 11.6 Å². The van der Waals surface area contributed by atoms with Gasteiger partial charge in [-0.3, -0.25) is 14.4 Å². The van der Waals surface area contributed by atoms with Crippen LogP contribution in [-0.2, 0) is 14.4 Å². The standard InChI is InChI=1S/C26H36ClN3O4/c1-5-6-16-7-12-20-22(21(16)24(32)28-4)26(34)30(19(14-31)13-15(2)3)23(20)25(33)29-18-10-8-17(27)9-11-18/h7-12,15-16,19-23,31H,5-6,13-14H2,1-4H3,(H,28,32)(H,29,33)/t16-,19-,20+,21-,22-,23+/m1/s1. The van der Waals surface area contributed by atoms with Crippen molar-refractivity contribution in [1.29, 1.82) is 0 Å². The lowest BCUT2D eigenvalue weighted by Gasteiger charge is -2.34. The number of aliphatic hydroxyl groups excluding tert-OH is 1. The number of nitrogens with one attached hydrogen (secondary N) is 2. The molecule has 8 heteroatoms. The molecule has 3 amide bonds. The lowest BCUT2D eigenvalue weighted by molar-refractivity contribution is -0.143. The van der Waals surface area contributed by atoms with Gasteiger partial charge in [-0.2, -0.15) is 0 Å². The fourth-order valence-electron chi connectivity index (χ4n) is 5.54. The molecule has 34 heavy (non-hydrogen) atoms. The van der Waals surface area contributed by atoms with Crippen molar-refractivity contribution in [2.75, 3.05) is 19.0 Å². The Morgan fingerprint density at radius 2 is 1.82 bits per heavy atom. The van der Waals surface area contributed by atoms with Gasteiger partial charge in [0.1, 0.15) is 6.04 Å². The van der Waals surface area contributed by atoms with Gasteiger partial charge in [0, 0.05) is 23.7 Å². The van der Waals surface area contributed by atoms with Crippen LogP contribution in [0.15, 0.2) is 36.4 Å². The fraction of sp³-hybridized carbons (Fsp3) is 0.577. The molecule has 1 aromatic rings. The van der Waals surface area contributed by atoms with E-state index in [1.807, 2.05) is 26.0 Å². The van der Waals surface area contributed by atoms with Gasteiger partial charge in [-0.25, -0.2) is 0 Å². The van der Waals surface area contributed by atoms with Gasteiger partial charge in [0.15, 0.2) is 0 Å². The van der Waals surface area contributed by atoms with Gasteiger partial charge in [0.25, 0.3) is 0 Å². The van der Waals surface area contributed by atoms with E-state index in [9.17, 15) is 19.5 Å². The van der Waals surface area contributed by atoms with Gasteiger partial charge >= 0.3 is 0 Å². The summed E-state index contributed by atoms with van der Waals surface area (Å²) in [5, 5.41) is 16.4. The zero-order valence-electron chi connectivity index (χ0n) is 20.3. The van der Waals surface area contributed by atoms with Crippen LogP contribution in [-0.4, -0.2) is 53.5 Å². The predicted molar refractivity (Wildman–Crippen MR) is 133 cm³/mol. The summed E-state index contributed by atoms with van der Waals surface area (Å²) in [6, 6.07) is 5.45. The van der Waals surface area contributed by atoms with Crippen LogP contribution in [0.2, 0.25) is 5.02 Å². The number of anilines is 1. The van der Waals surface area contributed by atoms with Gasteiger partial charge < -0.3 is 20.6 Å². The van der Waals surface area contributed by atoms with Crippen molar-refractivity contribution in [1.82, 2.24) is 10.2 Å². The van der Waals surface area contributed by atoms with Crippen molar-refractivity contribution in [3.63, 3.8) is 0 Å². The van der Waals surface area contributed by atoms with Crippen molar-refractivity contribution in [2.24, 2.45) is 29.6 Å². The van der Waals surface area contributed by atoms with E-state index in [0.29, 0.717) is 17.1 Å². The first kappa shape index (κ1) is 26.2. The van der Waals surface area contributed by atoms with Gasteiger partial charge in [0.05, 0.1) is 24.5 Å². The molecule has 1 fully saturated rings. The molecule has 1 saturated heterocycles. The topological polar surface area (TPSA) is 98.7 Å². The summed E-state index contributed by atoms with van der Waals surface area (Å²) < 4.78 is 0. The molecule has 0 radical (unpaired) electrons. The van der Waals surface area contributed by atoms with Gasteiger partial charge in [-0.1, -0.05) is 50.9 Å². The molecule has 0 unspecified atom stereocenters. The monoisotopic (exact) mass is 489 g/mol. The second kappa shape index (κ2) is 11.4. The average molecular weight is 490 g/mol. The zero-order valence-corrected chi connectivity index (χ0v) is 21.1. The highest BCUT2D eigenvalue weighted by Gasteiger charge is 2.58. The third kappa shape index (κ3) is 5.31. The number of nitrogens with zero attached hydrogens (tertiary/aromatic N) is 1. The number of amides is 3. The maximum absolute atomic E-state index is 13.9. The van der Waals surface area contributed by atoms with Crippen molar-refractivity contribution in [2.45, 2.75) is 52.1 Å². The van der Waals surface area contributed by atoms with Crippen molar-refractivity contribution in [3.05, 3.63) is 41.4 Å². The summed E-state index contributed by atoms with van der Waals surface area (Å²) >= 11 is 5.98. The lowest BCUT2D eigenvalue weighted by atomic mass is 9.68. The number of hydrogen-bond acceptors (Lipinski definition) is 4. The largest absolute Gasteiger partial charge is 0.394 e. The zero-order chi connectivity index (χ0) is 25.0. The molecule has 3 N–H and O–H groups in total. The number of hydrogen-bond donors (Lipinski definition) is 3. The molecule has 7 nitrogen and oxygen atoms in total. The molecule has 0 spiro atoms. The van der Waals surface area contributed by atoms with E-state index in [0.717, 1.165) is 12.8 Å². The molecule has 0 saturated carbocycles. The summed E-state index contributed by atoms with van der Waals surface area (Å²) in [5.41, 5.74) is 0.571. The molecule has 1 aliphatic heterocycles. The average Bonchev–Trinajstić information content (AvgIpc) is 3.10. The second-order valence-electron chi connectivity index (χ2n) is 9.73. The number of rotatable bonds is 9. The molecule has 186 valence electrons. The molecule has 1 aromatic carbocycles. The highest BCUT2D eigenvalue weighted by Crippen LogP contribution is 2.46. The van der Waals surface area contributed by atoms with E-state index < -0.39 is 29.8 Å². The number of fused-ring (bicyclic) bond motifs is 1. The Balaban J connectivity index is 2.04. The molecule has 1 heterocycles. The van der Waals surface area contributed by atoms with E-state index in [1.165, 1.54) is 0 Å². The Bertz CT molecular complexity index is 917. The molecular formula is C26H36ClN3O4. The minimum Gasteiger partial charge on any atom is -0.394 e. The molecule has 2 aliphatic rings. The van der Waals surface area contributed by atoms with E-state index in [2.05, 4.69) is 17.6 Å². The van der Waals surface area contributed by atoms with Crippen molar-refractivity contribution in [3.8, 4) is 0 Å². The minimum atomic E-state index is -0.824. The van der Waals surface area contributed by atoms with E-state index in [-0.39, 0.29) is 36.2 Å². The van der Waals surface area contributed by atoms with Crippen LogP contribution < -0.4 is 10.6 Å². The van der Waals surface area contributed by atoms with Crippen LogP contribution in [0, 0.1) is 29.6 Å². The van der Waals surface area contributed by atoms with Gasteiger partial charge in [0.2, 0.25) is 17.7 Å². The normalized spacial score (nSPS) is 27.0. The molecule has 0 bridgehead atoms. The Hall–Kier alpha value is -2.38. The third-order valence-electron chi connectivity index (χ3n) is 6.95. The first-order chi connectivity index (χ1) is 16.2. The number of carbonyl (C=O) groups is 3. The van der Waals surface area contributed by atoms with Crippen LogP contribution in [0.4, 0.5) is 5.69 Å². The predicted octanol–water partition coefficient (Wildman–Crippen LogP) is 3.48. The molecular weight excluding hydrogens is 454 g/mol. The SMILES string of the molecule is CCC[C@@H]1C=C[C@H]2[C@@H](C(=O)N([C@@H](CO)CC(C)C)[C@@H]2C(=O)Nc2ccc(Cl)cc2)[C@@H]1C(=O)NC. The molecule has 6 atom stereocenters. The number of allylic oxidation sites excluding steroid dienone is 1. The first-order valence-corrected chi connectivity index (χ1v) is 12.5. The number of halogens is 1. The maximum Gasteiger partial charge on any atom is 0.247 e. The highest BCUT2D eigenvalue weighted by molar-refractivity contribution is 6.30. The van der Waals surface area contributed by atoms with Gasteiger partial charge in [-0.05, 0) is 48.9 Å². The smallest absolute Gasteiger partial charge is 0.247 e. The number of aliphatic hydroxyl groups is 1. The lowest BCUT2D eigenvalue weighted by Crippen LogP contribution is -2.51. The van der Waals surface area contributed by atoms with Crippen LogP contribution >= 0.6 is 11.6 Å². The second-order valence-corrected chi connectivity index (χ2v) is 10.2. The minimum absolute atomic E-state index is 0.0762. The molecule has 3 rings (SSSR count). The number of benzene rings is 1. The quantitative estimate of drug-likeness (QED) is 0.462. The highest BCUT2D eigenvalue weighted by atomic mass is 35.5. The maximum atomic E-state index is 13.9. The summed E-state index contributed by atoms with van der Waals surface area (Å²) in [5.74, 6) is -2.28. The van der Waals surface area contributed by atoms with Crippen LogP contribution in [0.3, 0.4) is 0 Å². The van der Waals surface area contributed by atoms with E-state index in [1.54, 1.807) is 36.2 Å².